The molecule has 1 aromatic carbocycles. The fraction of sp³-hybridized carbons (Fsp3) is 0.444. The topological polar surface area (TPSA) is 76.6 Å². The molecular formula is C18H18N2O4S. The van der Waals surface area contributed by atoms with Crippen LogP contribution >= 0.6 is 11.5 Å². The van der Waals surface area contributed by atoms with Crippen molar-refractivity contribution in [2.45, 2.75) is 32.1 Å². The molecule has 0 spiro atoms. The van der Waals surface area contributed by atoms with Crippen molar-refractivity contribution in [3.8, 4) is 0 Å². The van der Waals surface area contributed by atoms with Crippen molar-refractivity contribution < 1.29 is 19.1 Å². The van der Waals surface area contributed by atoms with E-state index in [2.05, 4.69) is 4.37 Å². The molecule has 1 aliphatic carbocycles. The number of imide groups is 1. The molecule has 2 unspecified atom stereocenters. The fourth-order valence-electron chi connectivity index (χ4n) is 3.87. The van der Waals surface area contributed by atoms with Crippen molar-refractivity contribution in [2.75, 3.05) is 12.0 Å². The average Bonchev–Trinajstić information content (AvgIpc) is 3.14. The van der Waals surface area contributed by atoms with E-state index in [1.165, 1.54) is 23.5 Å². The highest BCUT2D eigenvalue weighted by Crippen LogP contribution is 2.41. The Bertz CT molecular complexity index is 851. The largest absolute Gasteiger partial charge is 0.469 e. The number of esters is 1. The number of ether oxygens (including phenoxy) is 1. The second kappa shape index (κ2) is 6.22. The van der Waals surface area contributed by atoms with Crippen LogP contribution in [0.2, 0.25) is 0 Å². The first-order chi connectivity index (χ1) is 12.1. The number of aromatic nitrogens is 1. The lowest BCUT2D eigenvalue weighted by molar-refractivity contribution is -0.139. The van der Waals surface area contributed by atoms with Crippen LogP contribution in [0.3, 0.4) is 0 Å². The predicted molar refractivity (Wildman–Crippen MR) is 93.3 cm³/mol. The standard InChI is InChI=1S/C18H18N2O4S/c1-24-16(21)9-14-13-8-10(6-7-15(13)25-19-14)20-17(22)11-4-2-3-5-12(11)18(20)23/h6-8,11-12H,2-5,9H2,1H3. The number of hydrogen-bond donors (Lipinski definition) is 0. The molecule has 0 bridgehead atoms. The number of carbonyl (C=O) groups excluding carboxylic acids is 3. The number of fused-ring (bicyclic) bond motifs is 2. The number of rotatable bonds is 3. The zero-order chi connectivity index (χ0) is 17.6. The Hall–Kier alpha value is -2.28. The first-order valence-corrected chi connectivity index (χ1v) is 9.20. The van der Waals surface area contributed by atoms with Crippen molar-refractivity contribution in [1.82, 2.24) is 4.37 Å². The van der Waals surface area contributed by atoms with E-state index >= 15 is 0 Å². The molecule has 2 fully saturated rings. The Balaban J connectivity index is 1.71. The van der Waals surface area contributed by atoms with Crippen LogP contribution in [0.15, 0.2) is 18.2 Å². The minimum atomic E-state index is -0.364. The molecule has 1 aliphatic heterocycles. The zero-order valence-electron chi connectivity index (χ0n) is 13.9. The summed E-state index contributed by atoms with van der Waals surface area (Å²) < 4.78 is 9.94. The summed E-state index contributed by atoms with van der Waals surface area (Å²) in [5.41, 5.74) is 1.19. The molecule has 2 aliphatic rings. The van der Waals surface area contributed by atoms with Crippen LogP contribution in [0.5, 0.6) is 0 Å². The van der Waals surface area contributed by atoms with E-state index in [4.69, 9.17) is 4.74 Å². The van der Waals surface area contributed by atoms with E-state index in [9.17, 15) is 14.4 Å². The maximum Gasteiger partial charge on any atom is 0.311 e. The molecule has 1 aromatic heterocycles. The van der Waals surface area contributed by atoms with Gasteiger partial charge in [0, 0.05) is 5.39 Å². The summed E-state index contributed by atoms with van der Waals surface area (Å²) in [5.74, 6) is -0.894. The number of carbonyl (C=O) groups is 3. The summed E-state index contributed by atoms with van der Waals surface area (Å²) >= 11 is 1.29. The minimum Gasteiger partial charge on any atom is -0.469 e. The van der Waals surface area contributed by atoms with Gasteiger partial charge in [-0.25, -0.2) is 0 Å². The minimum absolute atomic E-state index is 0.0765. The molecule has 2 heterocycles. The Kier molecular flexibility index (Phi) is 4.03. The molecule has 2 amide bonds. The van der Waals surface area contributed by atoms with Gasteiger partial charge in [-0.2, -0.15) is 4.37 Å². The Morgan fingerprint density at radius 1 is 1.24 bits per heavy atom. The van der Waals surface area contributed by atoms with Gasteiger partial charge >= 0.3 is 5.97 Å². The molecular weight excluding hydrogens is 340 g/mol. The molecule has 0 N–H and O–H groups in total. The molecule has 25 heavy (non-hydrogen) atoms. The molecule has 2 aromatic rings. The summed E-state index contributed by atoms with van der Waals surface area (Å²) in [7, 11) is 1.34. The number of hydrogen-bond acceptors (Lipinski definition) is 6. The summed E-state index contributed by atoms with van der Waals surface area (Å²) in [6.45, 7) is 0. The van der Waals surface area contributed by atoms with Crippen LogP contribution in [-0.2, 0) is 25.5 Å². The first kappa shape index (κ1) is 16.2. The van der Waals surface area contributed by atoms with Gasteiger partial charge < -0.3 is 4.74 Å². The van der Waals surface area contributed by atoms with Crippen LogP contribution in [0, 0.1) is 11.8 Å². The molecule has 1 saturated carbocycles. The normalized spacial score (nSPS) is 23.2. The summed E-state index contributed by atoms with van der Waals surface area (Å²) in [5, 5.41) is 0.795. The quantitative estimate of drug-likeness (QED) is 0.623. The van der Waals surface area contributed by atoms with E-state index in [-0.39, 0.29) is 36.0 Å². The van der Waals surface area contributed by atoms with Crippen LogP contribution in [0.1, 0.15) is 31.4 Å². The third kappa shape index (κ3) is 2.63. The lowest BCUT2D eigenvalue weighted by Gasteiger charge is -2.19. The van der Waals surface area contributed by atoms with Crippen molar-refractivity contribution in [3.63, 3.8) is 0 Å². The average molecular weight is 358 g/mol. The number of benzene rings is 1. The second-order valence-electron chi connectivity index (χ2n) is 6.57. The molecule has 2 atom stereocenters. The highest BCUT2D eigenvalue weighted by atomic mass is 32.1. The summed E-state index contributed by atoms with van der Waals surface area (Å²) in [6.07, 6.45) is 3.67. The highest BCUT2D eigenvalue weighted by molar-refractivity contribution is 7.13. The van der Waals surface area contributed by atoms with Crippen LogP contribution in [0.25, 0.3) is 10.1 Å². The molecule has 7 heteroatoms. The maximum absolute atomic E-state index is 12.8. The second-order valence-corrected chi connectivity index (χ2v) is 7.38. The Morgan fingerprint density at radius 2 is 1.92 bits per heavy atom. The van der Waals surface area contributed by atoms with Crippen LogP contribution in [-0.4, -0.2) is 29.3 Å². The van der Waals surface area contributed by atoms with E-state index in [1.54, 1.807) is 12.1 Å². The van der Waals surface area contributed by atoms with Crippen molar-refractivity contribution in [1.29, 1.82) is 0 Å². The molecule has 130 valence electrons. The third-order valence-corrected chi connectivity index (χ3v) is 6.03. The summed E-state index contributed by atoms with van der Waals surface area (Å²) in [4.78, 5) is 38.4. The Morgan fingerprint density at radius 3 is 2.56 bits per heavy atom. The van der Waals surface area contributed by atoms with E-state index in [0.29, 0.717) is 11.4 Å². The van der Waals surface area contributed by atoms with Gasteiger partial charge in [-0.15, -0.1) is 0 Å². The molecule has 0 radical (unpaired) electrons. The lowest BCUT2D eigenvalue weighted by Crippen LogP contribution is -2.30. The zero-order valence-corrected chi connectivity index (χ0v) is 14.7. The predicted octanol–water partition coefficient (Wildman–Crippen LogP) is 2.69. The smallest absolute Gasteiger partial charge is 0.311 e. The van der Waals surface area contributed by atoms with Gasteiger partial charge in [-0.1, -0.05) is 12.8 Å². The number of nitrogens with zero attached hydrogens (tertiary/aromatic N) is 2. The van der Waals surface area contributed by atoms with Gasteiger partial charge in [0.2, 0.25) is 11.8 Å². The lowest BCUT2D eigenvalue weighted by atomic mass is 9.81. The summed E-state index contributed by atoms with van der Waals surface area (Å²) in [6, 6.07) is 5.44. The maximum atomic E-state index is 12.8. The molecule has 6 nitrogen and oxygen atoms in total. The molecule has 1 saturated heterocycles. The monoisotopic (exact) mass is 358 g/mol. The van der Waals surface area contributed by atoms with Crippen LogP contribution < -0.4 is 4.90 Å². The first-order valence-electron chi connectivity index (χ1n) is 8.43. The van der Waals surface area contributed by atoms with Crippen molar-refractivity contribution >= 4 is 45.1 Å². The van der Waals surface area contributed by atoms with Gasteiger partial charge in [0.25, 0.3) is 0 Å². The number of amides is 2. The number of methoxy groups -OCH3 is 1. The van der Waals surface area contributed by atoms with Gasteiger partial charge in [0.05, 0.1) is 41.4 Å². The fourth-order valence-corrected chi connectivity index (χ4v) is 4.64. The molecule has 4 rings (SSSR count). The van der Waals surface area contributed by atoms with E-state index in [0.717, 1.165) is 35.8 Å². The Labute approximate surface area is 148 Å². The van der Waals surface area contributed by atoms with Crippen molar-refractivity contribution in [3.05, 3.63) is 23.9 Å². The van der Waals surface area contributed by atoms with Crippen LogP contribution in [0.4, 0.5) is 5.69 Å². The van der Waals surface area contributed by atoms with Gasteiger partial charge in [0.15, 0.2) is 0 Å². The van der Waals surface area contributed by atoms with Crippen molar-refractivity contribution in [2.24, 2.45) is 11.8 Å². The van der Waals surface area contributed by atoms with E-state index < -0.39 is 0 Å². The van der Waals surface area contributed by atoms with Gasteiger partial charge in [-0.05, 0) is 42.6 Å². The highest BCUT2D eigenvalue weighted by Gasteiger charge is 2.48. The SMILES string of the molecule is COC(=O)Cc1nsc2ccc(N3C(=O)C4CCCCC4C3=O)cc12. The van der Waals surface area contributed by atoms with E-state index in [1.807, 2.05) is 6.07 Å². The van der Waals surface area contributed by atoms with Gasteiger partial charge in [0.1, 0.15) is 0 Å². The number of anilines is 1. The van der Waals surface area contributed by atoms with Gasteiger partial charge in [-0.3, -0.25) is 19.3 Å². The third-order valence-electron chi connectivity index (χ3n) is 5.17.